The molecule has 0 saturated heterocycles. The van der Waals surface area contributed by atoms with Gasteiger partial charge in [-0.05, 0) is 55.8 Å². The fraction of sp³-hybridized carbons (Fsp3) is 0.212. The van der Waals surface area contributed by atoms with E-state index in [1.807, 2.05) is 44.2 Å². The van der Waals surface area contributed by atoms with Gasteiger partial charge in [0.2, 0.25) is 11.8 Å². The van der Waals surface area contributed by atoms with Gasteiger partial charge in [-0.15, -0.1) is 0 Å². The van der Waals surface area contributed by atoms with E-state index in [0.717, 1.165) is 9.87 Å². The van der Waals surface area contributed by atoms with Crippen molar-refractivity contribution < 1.29 is 22.4 Å². The Morgan fingerprint density at radius 2 is 1.49 bits per heavy atom. The average Bonchev–Trinajstić information content (AvgIpc) is 2.99. The standard InChI is InChI=1S/C33H33BrFN3O4S/c1-24(2)36-33(40)31(20-25-12-5-3-6-13-25)37(22-26-14-9-10-19-30(26)35)32(39)23-38(28-16-11-15-27(34)21-28)43(41,42)29-17-7-4-8-18-29/h3-19,21,24,31H,20,22-23H2,1-2H3,(H,36,40). The lowest BCUT2D eigenvalue weighted by Crippen LogP contribution is -2.54. The van der Waals surface area contributed by atoms with Gasteiger partial charge < -0.3 is 10.2 Å². The predicted molar refractivity (Wildman–Crippen MR) is 169 cm³/mol. The number of anilines is 1. The van der Waals surface area contributed by atoms with E-state index >= 15 is 0 Å². The number of carbonyl (C=O) groups excluding carboxylic acids is 2. The first-order valence-corrected chi connectivity index (χ1v) is 16.0. The van der Waals surface area contributed by atoms with Crippen molar-refractivity contribution >= 4 is 43.5 Å². The van der Waals surface area contributed by atoms with Crippen LogP contribution >= 0.6 is 15.9 Å². The number of amides is 2. The van der Waals surface area contributed by atoms with E-state index < -0.39 is 40.2 Å². The minimum atomic E-state index is -4.21. The molecule has 10 heteroatoms. The maximum absolute atomic E-state index is 14.9. The molecule has 0 fully saturated rings. The van der Waals surface area contributed by atoms with Crippen LogP contribution in [0.25, 0.3) is 0 Å². The van der Waals surface area contributed by atoms with E-state index in [0.29, 0.717) is 4.47 Å². The lowest BCUT2D eigenvalue weighted by atomic mass is 10.0. The van der Waals surface area contributed by atoms with E-state index in [2.05, 4.69) is 21.2 Å². The lowest BCUT2D eigenvalue weighted by molar-refractivity contribution is -0.140. The van der Waals surface area contributed by atoms with Gasteiger partial charge in [0.15, 0.2) is 0 Å². The third kappa shape index (κ3) is 8.30. The molecule has 43 heavy (non-hydrogen) atoms. The summed E-state index contributed by atoms with van der Waals surface area (Å²) in [4.78, 5) is 29.3. The van der Waals surface area contributed by atoms with Crippen LogP contribution in [-0.2, 0) is 32.6 Å². The van der Waals surface area contributed by atoms with Gasteiger partial charge in [0.1, 0.15) is 18.4 Å². The summed E-state index contributed by atoms with van der Waals surface area (Å²) < 4.78 is 44.5. The summed E-state index contributed by atoms with van der Waals surface area (Å²) in [6, 6.07) is 28.3. The molecule has 0 aromatic heterocycles. The van der Waals surface area contributed by atoms with E-state index in [1.54, 1.807) is 60.7 Å². The summed E-state index contributed by atoms with van der Waals surface area (Å²) >= 11 is 3.39. The molecule has 0 aliphatic rings. The van der Waals surface area contributed by atoms with E-state index in [1.165, 1.54) is 23.1 Å². The second-order valence-electron chi connectivity index (χ2n) is 10.3. The summed E-state index contributed by atoms with van der Waals surface area (Å²) in [5.41, 5.74) is 1.24. The zero-order valence-electron chi connectivity index (χ0n) is 23.9. The number of halogens is 2. The Morgan fingerprint density at radius 3 is 2.12 bits per heavy atom. The minimum Gasteiger partial charge on any atom is -0.352 e. The van der Waals surface area contributed by atoms with Crippen LogP contribution in [0.15, 0.2) is 119 Å². The first-order valence-electron chi connectivity index (χ1n) is 13.8. The van der Waals surface area contributed by atoms with Crippen molar-refractivity contribution in [2.24, 2.45) is 0 Å². The van der Waals surface area contributed by atoms with Crippen LogP contribution in [0.5, 0.6) is 0 Å². The number of rotatable bonds is 12. The number of sulfonamides is 1. The fourth-order valence-electron chi connectivity index (χ4n) is 4.62. The Morgan fingerprint density at radius 1 is 0.860 bits per heavy atom. The lowest BCUT2D eigenvalue weighted by Gasteiger charge is -2.34. The molecule has 0 bridgehead atoms. The number of benzene rings is 4. The highest BCUT2D eigenvalue weighted by Gasteiger charge is 2.35. The van der Waals surface area contributed by atoms with E-state index in [-0.39, 0.29) is 35.2 Å². The Hall–Kier alpha value is -4.02. The third-order valence-electron chi connectivity index (χ3n) is 6.71. The van der Waals surface area contributed by atoms with Crippen molar-refractivity contribution in [1.82, 2.24) is 10.2 Å². The number of carbonyl (C=O) groups is 2. The second kappa shape index (κ2) is 14.4. The number of nitrogens with zero attached hydrogens (tertiary/aromatic N) is 2. The van der Waals surface area contributed by atoms with Crippen LogP contribution in [0, 0.1) is 5.82 Å². The van der Waals surface area contributed by atoms with Crippen LogP contribution in [0.1, 0.15) is 25.0 Å². The average molecular weight is 667 g/mol. The van der Waals surface area contributed by atoms with Crippen LogP contribution in [0.3, 0.4) is 0 Å². The summed E-state index contributed by atoms with van der Waals surface area (Å²) in [6.07, 6.45) is 0.141. The molecule has 0 heterocycles. The van der Waals surface area contributed by atoms with Crippen molar-refractivity contribution in [2.45, 2.75) is 43.8 Å². The quantitative estimate of drug-likeness (QED) is 0.203. The summed E-state index contributed by atoms with van der Waals surface area (Å²) in [5, 5.41) is 2.88. The molecule has 0 radical (unpaired) electrons. The second-order valence-corrected chi connectivity index (χ2v) is 13.1. The van der Waals surface area contributed by atoms with Crippen LogP contribution in [0.2, 0.25) is 0 Å². The first-order chi connectivity index (χ1) is 20.6. The smallest absolute Gasteiger partial charge is 0.264 e. The van der Waals surface area contributed by atoms with E-state index in [4.69, 9.17) is 0 Å². The number of hydrogen-bond acceptors (Lipinski definition) is 4. The zero-order chi connectivity index (χ0) is 31.0. The van der Waals surface area contributed by atoms with Crippen molar-refractivity contribution in [3.05, 3.63) is 131 Å². The van der Waals surface area contributed by atoms with Crippen LogP contribution in [-0.4, -0.2) is 43.8 Å². The molecule has 2 amide bonds. The predicted octanol–water partition coefficient (Wildman–Crippen LogP) is 5.95. The van der Waals surface area contributed by atoms with Crippen LogP contribution in [0.4, 0.5) is 10.1 Å². The molecule has 7 nitrogen and oxygen atoms in total. The topological polar surface area (TPSA) is 86.8 Å². The molecule has 4 aromatic rings. The molecule has 4 aromatic carbocycles. The van der Waals surface area contributed by atoms with Gasteiger partial charge in [-0.25, -0.2) is 12.8 Å². The van der Waals surface area contributed by atoms with Crippen molar-refractivity contribution in [2.75, 3.05) is 10.8 Å². The Kier molecular flexibility index (Phi) is 10.7. The minimum absolute atomic E-state index is 0.00168. The van der Waals surface area contributed by atoms with E-state index in [9.17, 15) is 22.4 Å². The molecular weight excluding hydrogens is 633 g/mol. The molecular formula is C33H33BrFN3O4S. The zero-order valence-corrected chi connectivity index (χ0v) is 26.3. The maximum atomic E-state index is 14.9. The van der Waals surface area contributed by atoms with Gasteiger partial charge >= 0.3 is 0 Å². The SMILES string of the molecule is CC(C)NC(=O)C(Cc1ccccc1)N(Cc1ccccc1F)C(=O)CN(c1cccc(Br)c1)S(=O)(=O)c1ccccc1. The third-order valence-corrected chi connectivity index (χ3v) is 8.99. The molecule has 1 unspecified atom stereocenters. The highest BCUT2D eigenvalue weighted by molar-refractivity contribution is 9.10. The molecule has 224 valence electrons. The normalized spacial score (nSPS) is 12.0. The van der Waals surface area contributed by atoms with Gasteiger partial charge in [-0.1, -0.05) is 88.7 Å². The summed E-state index contributed by atoms with van der Waals surface area (Å²) in [6.45, 7) is 2.75. The Bertz CT molecular complexity index is 1650. The van der Waals surface area contributed by atoms with Gasteiger partial charge in [0, 0.05) is 29.0 Å². The molecule has 0 saturated carbocycles. The molecule has 1 N–H and O–H groups in total. The van der Waals surface area contributed by atoms with Gasteiger partial charge in [0.25, 0.3) is 10.0 Å². The summed E-state index contributed by atoms with van der Waals surface area (Å²) in [5.74, 6) is -1.63. The number of nitrogens with one attached hydrogen (secondary N) is 1. The molecule has 0 aliphatic heterocycles. The van der Waals surface area contributed by atoms with Gasteiger partial charge in [-0.3, -0.25) is 13.9 Å². The summed E-state index contributed by atoms with van der Waals surface area (Å²) in [7, 11) is -4.21. The molecule has 4 rings (SSSR count). The Labute approximate surface area is 260 Å². The van der Waals surface area contributed by atoms with Crippen LogP contribution < -0.4 is 9.62 Å². The molecule has 0 aliphatic carbocycles. The van der Waals surface area contributed by atoms with Crippen molar-refractivity contribution in [3.63, 3.8) is 0 Å². The highest BCUT2D eigenvalue weighted by atomic mass is 79.9. The molecule has 1 atom stereocenters. The molecule has 0 spiro atoms. The fourth-order valence-corrected chi connectivity index (χ4v) is 6.44. The monoisotopic (exact) mass is 665 g/mol. The van der Waals surface area contributed by atoms with Crippen molar-refractivity contribution in [1.29, 1.82) is 0 Å². The maximum Gasteiger partial charge on any atom is 0.264 e. The highest BCUT2D eigenvalue weighted by Crippen LogP contribution is 2.27. The van der Waals surface area contributed by atoms with Crippen molar-refractivity contribution in [3.8, 4) is 0 Å². The van der Waals surface area contributed by atoms with Gasteiger partial charge in [-0.2, -0.15) is 0 Å². The Balaban J connectivity index is 1.81. The largest absolute Gasteiger partial charge is 0.352 e. The van der Waals surface area contributed by atoms with Gasteiger partial charge in [0.05, 0.1) is 10.6 Å². The number of hydrogen-bond donors (Lipinski definition) is 1. The first kappa shape index (κ1) is 31.9.